The highest BCUT2D eigenvalue weighted by Gasteiger charge is 2.54. The molecule has 212 valence electrons. The first-order chi connectivity index (χ1) is 18.4. The van der Waals surface area contributed by atoms with Crippen molar-refractivity contribution in [1.82, 2.24) is 10.6 Å². The Morgan fingerprint density at radius 2 is 1.54 bits per heavy atom. The molecule has 2 aromatic rings. The first kappa shape index (κ1) is 30.8. The van der Waals surface area contributed by atoms with Crippen LogP contribution in [0, 0.1) is 5.92 Å². The Kier molecular flexibility index (Phi) is 10.7. The van der Waals surface area contributed by atoms with Crippen LogP contribution in [-0.2, 0) is 19.1 Å². The molecule has 0 heterocycles. The monoisotopic (exact) mass is 574 g/mol. The zero-order valence-corrected chi connectivity index (χ0v) is 24.6. The summed E-state index contributed by atoms with van der Waals surface area (Å²) in [5.41, 5.74) is -2.06. The molecule has 0 spiro atoms. The first-order valence-electron chi connectivity index (χ1n) is 13.0. The molecule has 1 aliphatic carbocycles. The first-order valence-corrected chi connectivity index (χ1v) is 14.7. The van der Waals surface area contributed by atoms with Crippen molar-refractivity contribution in [3.05, 3.63) is 60.7 Å². The van der Waals surface area contributed by atoms with E-state index in [1.807, 2.05) is 60.7 Å². The quantitative estimate of drug-likeness (QED) is 0.206. The van der Waals surface area contributed by atoms with E-state index in [9.17, 15) is 19.5 Å². The summed E-state index contributed by atoms with van der Waals surface area (Å²) in [5.74, 6) is -1.66. The van der Waals surface area contributed by atoms with Gasteiger partial charge in [0.15, 0.2) is 0 Å². The number of ether oxygens (including phenoxy) is 2. The Labute approximate surface area is 239 Å². The molecule has 4 unspecified atom stereocenters. The van der Waals surface area contributed by atoms with Gasteiger partial charge in [-0.3, -0.25) is 4.79 Å². The predicted octanol–water partition coefficient (Wildman–Crippen LogP) is 5.00. The number of hydrogen-bond acceptors (Lipinski definition) is 8. The number of hydrogen-bond donors (Lipinski definition) is 3. The summed E-state index contributed by atoms with van der Waals surface area (Å²) in [7, 11) is 0. The van der Waals surface area contributed by atoms with Gasteiger partial charge in [-0.1, -0.05) is 36.4 Å². The molecule has 0 aliphatic heterocycles. The highest BCUT2D eigenvalue weighted by Crippen LogP contribution is 2.50. The van der Waals surface area contributed by atoms with Crippen molar-refractivity contribution in [2.45, 2.75) is 85.1 Å². The summed E-state index contributed by atoms with van der Waals surface area (Å²) < 4.78 is 10.4. The topological polar surface area (TPSA) is 114 Å². The average molecular weight is 575 g/mol. The van der Waals surface area contributed by atoms with Gasteiger partial charge in [-0.25, -0.2) is 9.59 Å². The molecule has 0 saturated heterocycles. The molecule has 8 nitrogen and oxygen atoms in total. The fraction of sp³-hybridized carbons (Fsp3) is 0.483. The predicted molar refractivity (Wildman–Crippen MR) is 153 cm³/mol. The van der Waals surface area contributed by atoms with Gasteiger partial charge in [0.05, 0.1) is 16.8 Å². The average Bonchev–Trinajstić information content (AvgIpc) is 3.19. The van der Waals surface area contributed by atoms with Gasteiger partial charge in [-0.2, -0.15) is 0 Å². The molecule has 1 fully saturated rings. The highest BCUT2D eigenvalue weighted by atomic mass is 32.2. The maximum atomic E-state index is 13.0. The van der Waals surface area contributed by atoms with E-state index in [4.69, 9.17) is 9.47 Å². The number of rotatable bonds is 10. The van der Waals surface area contributed by atoms with Crippen LogP contribution < -0.4 is 10.6 Å². The minimum absolute atomic E-state index is 0.131. The van der Waals surface area contributed by atoms with Crippen LogP contribution in [0.3, 0.4) is 0 Å². The second-order valence-corrected chi connectivity index (χ2v) is 13.2. The molecule has 4 atom stereocenters. The Bertz CT molecular complexity index is 1070. The van der Waals surface area contributed by atoms with Crippen LogP contribution >= 0.6 is 23.5 Å². The van der Waals surface area contributed by atoms with Crippen LogP contribution in [0.2, 0.25) is 0 Å². The summed E-state index contributed by atoms with van der Waals surface area (Å²) in [5, 5.41) is 17.8. The Morgan fingerprint density at radius 3 is 2.00 bits per heavy atom. The lowest BCUT2D eigenvalue weighted by atomic mass is 9.93. The van der Waals surface area contributed by atoms with E-state index in [0.29, 0.717) is 0 Å². The van der Waals surface area contributed by atoms with Gasteiger partial charge < -0.3 is 25.2 Å². The van der Waals surface area contributed by atoms with Crippen molar-refractivity contribution < 1.29 is 29.0 Å². The summed E-state index contributed by atoms with van der Waals surface area (Å²) in [6.07, 6.45) is -0.367. The van der Waals surface area contributed by atoms with E-state index in [2.05, 4.69) is 10.6 Å². The third-order valence-electron chi connectivity index (χ3n) is 6.12. The molecular formula is C29H38N2O6S2. The van der Waals surface area contributed by atoms with Gasteiger partial charge >= 0.3 is 12.1 Å². The zero-order valence-electron chi connectivity index (χ0n) is 23.0. The van der Waals surface area contributed by atoms with Gasteiger partial charge in [-0.05, 0) is 64.8 Å². The number of esters is 1. The second-order valence-electron chi connectivity index (χ2n) is 10.6. The number of carbonyl (C=O) groups is 3. The standard InChI is InChI=1S/C29H38N2O6S2/c1-6-36-25(33)24(30-19(2)32)22-17-29(35,18-23(22)31-27(34)37-28(3,4)5)26(38-20-13-9-7-10-14-20)39-21-15-11-8-12-16-21/h7-16,22-24,26,35H,6,17-18H2,1-5H3,(H,30,32)(H,31,34). The van der Waals surface area contributed by atoms with Crippen molar-refractivity contribution in [2.75, 3.05) is 6.61 Å². The number of alkyl carbamates (subject to hydrolysis) is 1. The number of nitrogens with one attached hydrogen (secondary N) is 2. The number of carbonyl (C=O) groups excluding carboxylic acids is 3. The van der Waals surface area contributed by atoms with Gasteiger partial charge in [0.2, 0.25) is 5.91 Å². The summed E-state index contributed by atoms with van der Waals surface area (Å²) in [6.45, 7) is 8.42. The minimum atomic E-state index is -1.32. The van der Waals surface area contributed by atoms with E-state index in [1.54, 1.807) is 27.7 Å². The van der Waals surface area contributed by atoms with E-state index < -0.39 is 51.8 Å². The molecule has 3 N–H and O–H groups in total. The molecule has 1 saturated carbocycles. The van der Waals surface area contributed by atoms with Crippen molar-refractivity contribution in [2.24, 2.45) is 5.92 Å². The van der Waals surface area contributed by atoms with E-state index in [-0.39, 0.29) is 19.4 Å². The number of benzene rings is 2. The van der Waals surface area contributed by atoms with Crippen LogP contribution in [0.5, 0.6) is 0 Å². The van der Waals surface area contributed by atoms with Crippen LogP contribution in [0.1, 0.15) is 47.5 Å². The smallest absolute Gasteiger partial charge is 0.407 e. The van der Waals surface area contributed by atoms with Crippen LogP contribution in [0.4, 0.5) is 4.79 Å². The molecule has 3 rings (SSSR count). The molecule has 2 aromatic carbocycles. The SMILES string of the molecule is CCOC(=O)C(NC(C)=O)C1CC(O)(C(Sc2ccccc2)Sc2ccccc2)CC1NC(=O)OC(C)(C)C. The van der Waals surface area contributed by atoms with E-state index in [1.165, 1.54) is 30.4 Å². The van der Waals surface area contributed by atoms with E-state index >= 15 is 0 Å². The largest absolute Gasteiger partial charge is 0.464 e. The Balaban J connectivity index is 1.99. The van der Waals surface area contributed by atoms with Crippen LogP contribution in [-0.4, -0.2) is 57.6 Å². The molecule has 0 radical (unpaired) electrons. The lowest BCUT2D eigenvalue weighted by Gasteiger charge is -2.32. The van der Waals surface area contributed by atoms with Gasteiger partial charge in [0, 0.05) is 28.7 Å². The van der Waals surface area contributed by atoms with Crippen molar-refractivity contribution in [3.8, 4) is 0 Å². The van der Waals surface area contributed by atoms with Crippen LogP contribution in [0.15, 0.2) is 70.5 Å². The summed E-state index contributed by atoms with van der Waals surface area (Å²) in [4.78, 5) is 39.9. The van der Waals surface area contributed by atoms with Gasteiger partial charge in [0.25, 0.3) is 0 Å². The molecule has 0 bridgehead atoms. The maximum absolute atomic E-state index is 13.0. The number of aliphatic hydroxyl groups is 1. The molecule has 39 heavy (non-hydrogen) atoms. The van der Waals surface area contributed by atoms with Crippen molar-refractivity contribution in [3.63, 3.8) is 0 Å². The molecule has 1 aliphatic rings. The third-order valence-corrected chi connectivity index (χ3v) is 9.09. The molecule has 0 aromatic heterocycles. The Hall–Kier alpha value is -2.69. The number of thioether (sulfide) groups is 2. The minimum Gasteiger partial charge on any atom is -0.464 e. The second kappa shape index (κ2) is 13.6. The third kappa shape index (κ3) is 9.19. The fourth-order valence-electron chi connectivity index (χ4n) is 4.61. The maximum Gasteiger partial charge on any atom is 0.407 e. The summed E-state index contributed by atoms with van der Waals surface area (Å²) >= 11 is 3.04. The van der Waals surface area contributed by atoms with Gasteiger partial charge in [-0.15, -0.1) is 23.5 Å². The number of amides is 2. The molecule has 10 heteroatoms. The highest BCUT2D eigenvalue weighted by molar-refractivity contribution is 8.17. The summed E-state index contributed by atoms with van der Waals surface area (Å²) in [6, 6.07) is 17.8. The molecule has 2 amide bonds. The van der Waals surface area contributed by atoms with Crippen LogP contribution in [0.25, 0.3) is 0 Å². The van der Waals surface area contributed by atoms with Crippen molar-refractivity contribution >= 4 is 41.5 Å². The normalized spacial score (nSPS) is 21.7. The fourth-order valence-corrected chi connectivity index (χ4v) is 7.41. The lowest BCUT2D eigenvalue weighted by molar-refractivity contribution is -0.149. The molecular weight excluding hydrogens is 536 g/mol. The van der Waals surface area contributed by atoms with Gasteiger partial charge in [0.1, 0.15) is 11.6 Å². The zero-order chi connectivity index (χ0) is 28.6. The van der Waals surface area contributed by atoms with Crippen molar-refractivity contribution in [1.29, 1.82) is 0 Å². The Morgan fingerprint density at radius 1 is 1.00 bits per heavy atom. The lowest BCUT2D eigenvalue weighted by Crippen LogP contribution is -2.52. The van der Waals surface area contributed by atoms with E-state index in [0.717, 1.165) is 9.79 Å².